The van der Waals surface area contributed by atoms with Gasteiger partial charge in [-0.15, -0.1) is 55.1 Å². The van der Waals surface area contributed by atoms with Crippen LogP contribution in [0.25, 0.3) is 10.9 Å². The third kappa shape index (κ3) is 19.6. The number of hydrogen-bond donors (Lipinski definition) is 1. The Hall–Kier alpha value is -0.427. The maximum atomic E-state index is 3.34. The molecule has 0 saturated carbocycles. The Kier molecular flexibility index (Phi) is 70.2. The average Bonchev–Trinajstić information content (AvgIpc) is 3.06. The van der Waals surface area contributed by atoms with Crippen LogP contribution in [-0.4, -0.2) is 9.20 Å². The molecule has 0 radical (unpaired) electrons. The zero-order valence-electron chi connectivity index (χ0n) is 15.8. The van der Waals surface area contributed by atoms with Crippen molar-refractivity contribution in [2.75, 3.05) is 0 Å². The molecule has 1 aliphatic rings. The Labute approximate surface area is 180 Å². The van der Waals surface area contributed by atoms with Crippen molar-refractivity contribution < 1.29 is 24.2 Å². The summed E-state index contributed by atoms with van der Waals surface area (Å²) in [5.41, 5.74) is 1.15. The number of allylic oxidation sites excluding steroid dienone is 4. The van der Waals surface area contributed by atoms with Crippen LogP contribution in [0.1, 0.15) is 6.42 Å². The minimum atomic E-state index is 0. The molecule has 1 aromatic heterocycles. The Bertz CT molecular complexity index is 439. The second-order valence-electron chi connectivity index (χ2n) is 3.00. The van der Waals surface area contributed by atoms with E-state index >= 15 is 0 Å². The number of benzene rings is 1. The van der Waals surface area contributed by atoms with E-state index in [1.165, 1.54) is 29.6 Å². The fraction of sp³-hybridized carbons (Fsp3) is 0.0500. The number of nitrogens with one attached hydrogen (secondary N) is 1. The van der Waals surface area contributed by atoms with Crippen LogP contribution in [0.15, 0.2) is 48.6 Å². The standard InChI is InChI=1S/C8H6N.C5H5.6CH3.CH2.2ClH.Zr/c1-2-4-8-7(3-1)5-6-9-8;1-2-4-5-3-1;;;;;;;;;;/h1-5,9H;1-3H,4H2;6*1H3;1H2;2*1H;/q8*-1;;;;. The van der Waals surface area contributed by atoms with Crippen LogP contribution in [0.5, 0.6) is 0 Å². The van der Waals surface area contributed by atoms with Crippen molar-refractivity contribution >= 4 is 39.9 Å². The van der Waals surface area contributed by atoms with Crippen LogP contribution >= 0.6 is 24.8 Å². The molecular weight excluding hydrogens is 416 g/mol. The molecule has 0 aliphatic heterocycles. The number of hydrogen-bond acceptors (Lipinski definition) is 0. The van der Waals surface area contributed by atoms with Gasteiger partial charge in [0.05, 0.1) is 0 Å². The molecule has 0 atom stereocenters. The predicted molar refractivity (Wildman–Crippen MR) is 119 cm³/mol. The molecule has 1 aromatic carbocycles. The second kappa shape index (κ2) is 34.0. The Morgan fingerprint density at radius 1 is 0.917 bits per heavy atom. The van der Waals surface area contributed by atoms with E-state index in [0.29, 0.717) is 0 Å². The van der Waals surface area contributed by atoms with E-state index in [1.54, 1.807) is 0 Å². The molecule has 0 fully saturated rings. The molecule has 4 heteroatoms. The first kappa shape index (κ1) is 49.5. The molecule has 0 bridgehead atoms. The summed E-state index contributed by atoms with van der Waals surface area (Å²) >= 11 is 1.30. The van der Waals surface area contributed by atoms with Gasteiger partial charge in [-0.3, -0.25) is 6.08 Å². The minimum absolute atomic E-state index is 0. The van der Waals surface area contributed by atoms with Gasteiger partial charge in [-0.2, -0.15) is 17.5 Å². The van der Waals surface area contributed by atoms with Gasteiger partial charge in [0.1, 0.15) is 0 Å². The van der Waals surface area contributed by atoms with Gasteiger partial charge in [0.25, 0.3) is 0 Å². The van der Waals surface area contributed by atoms with Gasteiger partial charge in [0.15, 0.2) is 0 Å². The average molecular weight is 450 g/mol. The summed E-state index contributed by atoms with van der Waals surface area (Å²) in [6.07, 6.45) is 12.9. The third-order valence-corrected chi connectivity index (χ3v) is 1.98. The molecule has 144 valence electrons. The molecule has 0 spiro atoms. The maximum absolute atomic E-state index is 3.34. The smallest absolute Gasteiger partial charge is 0.0745 e. The van der Waals surface area contributed by atoms with Gasteiger partial charge in [0.2, 0.25) is 0 Å². The van der Waals surface area contributed by atoms with E-state index in [1.807, 2.05) is 36.4 Å². The number of aromatic nitrogens is 1. The molecule has 1 aliphatic carbocycles. The Morgan fingerprint density at radius 3 is 1.83 bits per heavy atom. The summed E-state index contributed by atoms with van der Waals surface area (Å²) in [7, 11) is 0. The number of fused-ring (bicyclic) bond motifs is 1. The van der Waals surface area contributed by atoms with Crippen LogP contribution in [0.2, 0.25) is 0 Å². The summed E-state index contributed by atoms with van der Waals surface area (Å²) in [6, 6.07) is 10.1. The largest absolute Gasteiger partial charge is 0.477 e. The molecule has 0 unspecified atom stereocenters. The van der Waals surface area contributed by atoms with Crippen molar-refractivity contribution in [2.24, 2.45) is 0 Å². The summed E-state index contributed by atoms with van der Waals surface area (Å²) in [6.45, 7) is 0. The van der Waals surface area contributed by atoms with E-state index in [2.05, 4.69) is 33.6 Å². The number of rotatable bonds is 0. The summed E-state index contributed by atoms with van der Waals surface area (Å²) < 4.78 is 3.34. The van der Waals surface area contributed by atoms with Gasteiger partial charge in [-0.1, -0.05) is 12.1 Å². The zero-order chi connectivity index (χ0) is 11.6. The van der Waals surface area contributed by atoms with Crippen molar-refractivity contribution in [3.63, 3.8) is 0 Å². The first-order valence-corrected chi connectivity index (χ1v) is 6.71. The van der Waals surface area contributed by atoms with Crippen molar-refractivity contribution in [1.82, 2.24) is 4.98 Å². The number of para-hydroxylation sites is 1. The third-order valence-electron chi connectivity index (χ3n) is 1.98. The minimum Gasteiger partial charge on any atom is -0.477 e. The molecule has 0 saturated heterocycles. The van der Waals surface area contributed by atoms with E-state index < -0.39 is 0 Å². The number of aromatic amines is 1. The summed E-state index contributed by atoms with van der Waals surface area (Å²) in [4.78, 5) is 2.99. The molecule has 3 rings (SSSR count). The van der Waals surface area contributed by atoms with Crippen LogP contribution < -0.4 is 0 Å². The van der Waals surface area contributed by atoms with Gasteiger partial charge in [0, 0.05) is 0 Å². The maximum Gasteiger partial charge on any atom is -0.0745 e. The zero-order valence-corrected chi connectivity index (χ0v) is 19.9. The van der Waals surface area contributed by atoms with Crippen LogP contribution in [0.4, 0.5) is 0 Å². The quantitative estimate of drug-likeness (QED) is 0.427. The first-order chi connectivity index (χ1) is 7.97. The molecule has 0 amide bonds. The van der Waals surface area contributed by atoms with Crippen molar-refractivity contribution in [2.45, 2.75) is 6.42 Å². The monoisotopic (exact) mass is 447 g/mol. The molecule has 24 heavy (non-hydrogen) atoms. The van der Waals surface area contributed by atoms with Crippen LogP contribution in [0, 0.1) is 56.8 Å². The Morgan fingerprint density at radius 2 is 1.46 bits per heavy atom. The van der Waals surface area contributed by atoms with Crippen molar-refractivity contribution in [1.29, 1.82) is 0 Å². The second-order valence-corrected chi connectivity index (χ2v) is 3.00. The normalized spacial score (nSPS) is 7.62. The van der Waals surface area contributed by atoms with Crippen molar-refractivity contribution in [3.05, 3.63) is 105 Å². The number of halogens is 2. The molecule has 2 aromatic rings. The van der Waals surface area contributed by atoms with Crippen LogP contribution in [-0.2, 0) is 24.2 Å². The van der Waals surface area contributed by atoms with Crippen LogP contribution in [0.3, 0.4) is 0 Å². The van der Waals surface area contributed by atoms with E-state index in [0.717, 1.165) is 11.9 Å². The fourth-order valence-corrected chi connectivity index (χ4v) is 1.27. The fourth-order valence-electron chi connectivity index (χ4n) is 1.27. The summed E-state index contributed by atoms with van der Waals surface area (Å²) in [5, 5.41) is 1.22. The molecule has 1 heterocycles. The molecular formula is C20H33Cl2NZr-8. The topological polar surface area (TPSA) is 15.8 Å². The summed E-state index contributed by atoms with van der Waals surface area (Å²) in [5.74, 6) is 0. The van der Waals surface area contributed by atoms with E-state index in [9.17, 15) is 0 Å². The Balaban J connectivity index is -0.0000000260. The van der Waals surface area contributed by atoms with Gasteiger partial charge in [-0.25, -0.2) is 12.2 Å². The van der Waals surface area contributed by atoms with E-state index in [4.69, 9.17) is 0 Å². The van der Waals surface area contributed by atoms with E-state index in [-0.39, 0.29) is 69.4 Å². The van der Waals surface area contributed by atoms with Gasteiger partial charge < -0.3 is 49.5 Å². The number of H-pyrrole nitrogens is 1. The van der Waals surface area contributed by atoms with Crippen molar-refractivity contribution in [3.8, 4) is 0 Å². The predicted octanol–water partition coefficient (Wildman–Crippen LogP) is 6.78. The SMILES string of the molecule is Cl.Cl.[C-]1=CC=CC1.[CH2]=[Zr].[CH3-].[CH3-].[CH3-].[CH3-].[CH3-].[CH3-].[c-]1cc2ccccc2[nH]1. The van der Waals surface area contributed by atoms with Gasteiger partial charge in [-0.05, 0) is 0 Å². The van der Waals surface area contributed by atoms with Gasteiger partial charge >= 0.3 is 28.4 Å². The molecule has 1 N–H and O–H groups in total. The molecule has 1 nitrogen and oxygen atoms in total. The first-order valence-electron chi connectivity index (χ1n) is 4.98.